The second-order valence-corrected chi connectivity index (χ2v) is 5.79. The van der Waals surface area contributed by atoms with Gasteiger partial charge in [-0.15, -0.1) is 0 Å². The average molecular weight is 336 g/mol. The van der Waals surface area contributed by atoms with Crippen molar-refractivity contribution in [2.45, 2.75) is 0 Å². The number of pyridine rings is 1. The van der Waals surface area contributed by atoms with Gasteiger partial charge < -0.3 is 9.72 Å². The third-order valence-corrected chi connectivity index (χ3v) is 4.18. The molecule has 0 aliphatic rings. The summed E-state index contributed by atoms with van der Waals surface area (Å²) in [5, 5.41) is 0.640. The van der Waals surface area contributed by atoms with Gasteiger partial charge in [0.05, 0.1) is 28.9 Å². The van der Waals surface area contributed by atoms with Gasteiger partial charge in [-0.05, 0) is 24.3 Å². The highest BCUT2D eigenvalue weighted by Crippen LogP contribution is 2.28. The van der Waals surface area contributed by atoms with E-state index in [1.165, 1.54) is 0 Å². The molecule has 5 heteroatoms. The zero-order valence-electron chi connectivity index (χ0n) is 13.0. The first-order valence-corrected chi connectivity index (χ1v) is 7.87. The number of rotatable bonds is 3. The SMILES string of the molecule is COc1ccc2nc(-c3ccc(-c4ncccc4Cl)cc3)[nH]c2c1. The van der Waals surface area contributed by atoms with Crippen LogP contribution in [0.4, 0.5) is 0 Å². The van der Waals surface area contributed by atoms with E-state index < -0.39 is 0 Å². The van der Waals surface area contributed by atoms with Crippen LogP contribution in [0, 0.1) is 0 Å². The second kappa shape index (κ2) is 5.98. The number of aromatic amines is 1. The van der Waals surface area contributed by atoms with Gasteiger partial charge in [-0.25, -0.2) is 4.98 Å². The predicted molar refractivity (Wildman–Crippen MR) is 96.3 cm³/mol. The van der Waals surface area contributed by atoms with E-state index in [0.29, 0.717) is 5.02 Å². The molecule has 0 saturated carbocycles. The summed E-state index contributed by atoms with van der Waals surface area (Å²) in [4.78, 5) is 12.3. The number of imidazole rings is 1. The van der Waals surface area contributed by atoms with Crippen molar-refractivity contribution < 1.29 is 4.74 Å². The van der Waals surface area contributed by atoms with Crippen LogP contribution in [0.2, 0.25) is 5.02 Å². The van der Waals surface area contributed by atoms with Gasteiger partial charge in [0.2, 0.25) is 0 Å². The molecule has 2 aromatic carbocycles. The first kappa shape index (κ1) is 14.7. The van der Waals surface area contributed by atoms with E-state index in [2.05, 4.69) is 15.0 Å². The Labute approximate surface area is 144 Å². The number of methoxy groups -OCH3 is 1. The Morgan fingerprint density at radius 1 is 1.00 bits per heavy atom. The second-order valence-electron chi connectivity index (χ2n) is 5.38. The van der Waals surface area contributed by atoms with E-state index in [4.69, 9.17) is 16.3 Å². The normalized spacial score (nSPS) is 10.9. The molecule has 24 heavy (non-hydrogen) atoms. The molecule has 0 fully saturated rings. The first-order valence-electron chi connectivity index (χ1n) is 7.50. The number of hydrogen-bond acceptors (Lipinski definition) is 3. The van der Waals surface area contributed by atoms with Crippen LogP contribution < -0.4 is 4.74 Å². The predicted octanol–water partition coefficient (Wildman–Crippen LogP) is 4.95. The highest BCUT2D eigenvalue weighted by molar-refractivity contribution is 6.33. The maximum absolute atomic E-state index is 6.20. The lowest BCUT2D eigenvalue weighted by Gasteiger charge is -2.04. The minimum Gasteiger partial charge on any atom is -0.497 e. The van der Waals surface area contributed by atoms with Crippen molar-refractivity contribution in [1.29, 1.82) is 0 Å². The summed E-state index contributed by atoms with van der Waals surface area (Å²) in [7, 11) is 1.65. The molecule has 4 aromatic rings. The van der Waals surface area contributed by atoms with Crippen LogP contribution in [0.15, 0.2) is 60.8 Å². The number of fused-ring (bicyclic) bond motifs is 1. The Kier molecular flexibility index (Phi) is 3.67. The van der Waals surface area contributed by atoms with E-state index in [1.54, 1.807) is 13.3 Å². The quantitative estimate of drug-likeness (QED) is 0.576. The van der Waals surface area contributed by atoms with Crippen molar-refractivity contribution >= 4 is 22.6 Å². The molecule has 0 amide bonds. The minimum absolute atomic E-state index is 0.640. The van der Waals surface area contributed by atoms with Crippen LogP contribution in [-0.4, -0.2) is 22.1 Å². The van der Waals surface area contributed by atoms with Gasteiger partial charge >= 0.3 is 0 Å². The average Bonchev–Trinajstić information content (AvgIpc) is 3.05. The van der Waals surface area contributed by atoms with Gasteiger partial charge in [0.15, 0.2) is 0 Å². The number of H-pyrrole nitrogens is 1. The maximum atomic E-state index is 6.20. The Balaban J connectivity index is 1.71. The van der Waals surface area contributed by atoms with Crippen LogP contribution in [0.25, 0.3) is 33.7 Å². The molecule has 0 unspecified atom stereocenters. The minimum atomic E-state index is 0.640. The molecule has 0 saturated heterocycles. The Morgan fingerprint density at radius 2 is 1.79 bits per heavy atom. The van der Waals surface area contributed by atoms with Crippen LogP contribution >= 0.6 is 11.6 Å². The van der Waals surface area contributed by atoms with E-state index in [1.807, 2.05) is 54.6 Å². The van der Waals surface area contributed by atoms with Crippen LogP contribution in [0.5, 0.6) is 5.75 Å². The van der Waals surface area contributed by atoms with Gasteiger partial charge in [-0.3, -0.25) is 4.98 Å². The summed E-state index contributed by atoms with van der Waals surface area (Å²) < 4.78 is 5.25. The molecule has 4 rings (SSSR count). The van der Waals surface area contributed by atoms with Crippen molar-refractivity contribution in [2.75, 3.05) is 7.11 Å². The van der Waals surface area contributed by atoms with Crippen LogP contribution in [-0.2, 0) is 0 Å². The summed E-state index contributed by atoms with van der Waals surface area (Å²) in [5.41, 5.74) is 4.60. The van der Waals surface area contributed by atoms with Gasteiger partial charge in [-0.2, -0.15) is 0 Å². The Morgan fingerprint density at radius 3 is 2.54 bits per heavy atom. The van der Waals surface area contributed by atoms with Crippen molar-refractivity contribution in [3.8, 4) is 28.4 Å². The zero-order chi connectivity index (χ0) is 16.5. The number of halogens is 1. The number of nitrogens with zero attached hydrogens (tertiary/aromatic N) is 2. The summed E-state index contributed by atoms with van der Waals surface area (Å²) >= 11 is 6.20. The summed E-state index contributed by atoms with van der Waals surface area (Å²) in [6.07, 6.45) is 1.74. The molecular formula is C19H14ClN3O. The molecule has 2 heterocycles. The maximum Gasteiger partial charge on any atom is 0.138 e. The Hall–Kier alpha value is -2.85. The molecule has 0 spiro atoms. The molecule has 0 bridgehead atoms. The number of nitrogens with one attached hydrogen (secondary N) is 1. The largest absolute Gasteiger partial charge is 0.497 e. The van der Waals surface area contributed by atoms with Gasteiger partial charge in [-0.1, -0.05) is 35.9 Å². The molecule has 0 aliphatic heterocycles. The third-order valence-electron chi connectivity index (χ3n) is 3.88. The molecule has 0 radical (unpaired) electrons. The lowest BCUT2D eigenvalue weighted by molar-refractivity contribution is 0.415. The molecule has 4 nitrogen and oxygen atoms in total. The van der Waals surface area contributed by atoms with Crippen molar-refractivity contribution in [3.63, 3.8) is 0 Å². The molecule has 1 N–H and O–H groups in total. The van der Waals surface area contributed by atoms with E-state index >= 15 is 0 Å². The monoisotopic (exact) mass is 335 g/mol. The summed E-state index contributed by atoms with van der Waals surface area (Å²) in [6.45, 7) is 0. The molecular weight excluding hydrogens is 322 g/mol. The Bertz CT molecular complexity index is 1010. The summed E-state index contributed by atoms with van der Waals surface area (Å²) in [5.74, 6) is 1.62. The van der Waals surface area contributed by atoms with Crippen molar-refractivity contribution in [1.82, 2.24) is 15.0 Å². The highest BCUT2D eigenvalue weighted by atomic mass is 35.5. The van der Waals surface area contributed by atoms with Crippen LogP contribution in [0.3, 0.4) is 0 Å². The number of hydrogen-bond donors (Lipinski definition) is 1. The molecule has 118 valence electrons. The van der Waals surface area contributed by atoms with E-state index in [0.717, 1.165) is 39.4 Å². The fraction of sp³-hybridized carbons (Fsp3) is 0.0526. The number of aromatic nitrogens is 3. The topological polar surface area (TPSA) is 50.8 Å². The van der Waals surface area contributed by atoms with Crippen molar-refractivity contribution in [2.24, 2.45) is 0 Å². The van der Waals surface area contributed by atoms with Gasteiger partial charge in [0.1, 0.15) is 11.6 Å². The molecule has 0 atom stereocenters. The van der Waals surface area contributed by atoms with E-state index in [-0.39, 0.29) is 0 Å². The molecule has 0 aliphatic carbocycles. The lowest BCUT2D eigenvalue weighted by Crippen LogP contribution is -1.85. The zero-order valence-corrected chi connectivity index (χ0v) is 13.7. The standard InChI is InChI=1S/C19H14ClN3O/c1-24-14-8-9-16-17(11-14)23-19(22-16)13-6-4-12(5-7-13)18-15(20)3-2-10-21-18/h2-11H,1H3,(H,22,23). The fourth-order valence-electron chi connectivity index (χ4n) is 2.64. The number of ether oxygens (including phenoxy) is 1. The third kappa shape index (κ3) is 2.61. The summed E-state index contributed by atoms with van der Waals surface area (Å²) in [6, 6.07) is 17.5. The number of benzene rings is 2. The lowest BCUT2D eigenvalue weighted by atomic mass is 10.1. The fourth-order valence-corrected chi connectivity index (χ4v) is 2.87. The smallest absolute Gasteiger partial charge is 0.138 e. The highest BCUT2D eigenvalue weighted by Gasteiger charge is 2.08. The van der Waals surface area contributed by atoms with Crippen LogP contribution in [0.1, 0.15) is 0 Å². The van der Waals surface area contributed by atoms with Gasteiger partial charge in [0.25, 0.3) is 0 Å². The van der Waals surface area contributed by atoms with Crippen molar-refractivity contribution in [3.05, 3.63) is 65.8 Å². The van der Waals surface area contributed by atoms with Gasteiger partial charge in [0, 0.05) is 23.4 Å². The molecule has 2 aromatic heterocycles. The van der Waals surface area contributed by atoms with E-state index in [9.17, 15) is 0 Å². The first-order chi connectivity index (χ1) is 11.7.